The van der Waals surface area contributed by atoms with Crippen molar-refractivity contribution < 1.29 is 0 Å². The predicted molar refractivity (Wildman–Crippen MR) is 80.6 cm³/mol. The van der Waals surface area contributed by atoms with Gasteiger partial charge in [0.1, 0.15) is 17.5 Å². The largest absolute Gasteiger partial charge is 0.383 e. The molecule has 0 saturated heterocycles. The summed E-state index contributed by atoms with van der Waals surface area (Å²) in [6.07, 6.45) is 3.72. The summed E-state index contributed by atoms with van der Waals surface area (Å²) in [4.78, 5) is 8.90. The molecule has 2 aromatic rings. The molecule has 3 N–H and O–H groups in total. The molecule has 0 aromatic carbocycles. The molecule has 1 atom stereocenters. The number of nitrogens with two attached hydrogens (primary N) is 1. The highest BCUT2D eigenvalue weighted by Gasteiger charge is 2.13. The lowest BCUT2D eigenvalue weighted by Crippen LogP contribution is -2.24. The van der Waals surface area contributed by atoms with Gasteiger partial charge >= 0.3 is 0 Å². The number of hydrogen-bond donors (Lipinski definition) is 2. The van der Waals surface area contributed by atoms with Crippen molar-refractivity contribution in [3.63, 3.8) is 0 Å². The Morgan fingerprint density at radius 3 is 2.65 bits per heavy atom. The molecule has 2 aromatic heterocycles. The van der Waals surface area contributed by atoms with Crippen molar-refractivity contribution in [2.24, 2.45) is 0 Å². The van der Waals surface area contributed by atoms with Gasteiger partial charge in [0.15, 0.2) is 0 Å². The van der Waals surface area contributed by atoms with E-state index < -0.39 is 0 Å². The van der Waals surface area contributed by atoms with Crippen LogP contribution < -0.4 is 11.1 Å². The van der Waals surface area contributed by atoms with Gasteiger partial charge in [0.05, 0.1) is 6.54 Å². The van der Waals surface area contributed by atoms with Gasteiger partial charge in [-0.1, -0.05) is 13.8 Å². The third-order valence-corrected chi connectivity index (χ3v) is 3.12. The number of nitrogen functional groups attached to an aromatic ring is 1. The average molecular weight is 274 g/mol. The number of nitrogens with zero attached hydrogens (tertiary/aromatic N) is 4. The fraction of sp³-hybridized carbons (Fsp3) is 0.500. The van der Waals surface area contributed by atoms with Crippen LogP contribution in [0.1, 0.15) is 38.1 Å². The minimum absolute atomic E-state index is 0.197. The number of aromatic nitrogens is 4. The number of nitrogens with one attached hydrogen (secondary N) is 1. The molecule has 0 bridgehead atoms. The molecule has 0 fully saturated rings. The summed E-state index contributed by atoms with van der Waals surface area (Å²) >= 11 is 0. The first kappa shape index (κ1) is 14.3. The summed E-state index contributed by atoms with van der Waals surface area (Å²) in [5.41, 5.74) is 6.85. The van der Waals surface area contributed by atoms with Gasteiger partial charge in [-0.2, -0.15) is 5.10 Å². The minimum atomic E-state index is 0.197. The van der Waals surface area contributed by atoms with Crippen LogP contribution in [0.5, 0.6) is 0 Å². The summed E-state index contributed by atoms with van der Waals surface area (Å²) in [6.45, 7) is 8.91. The standard InChI is InChI=1S/C14H22N6/c1-9(2)13-18-12(15)11(4)14(19-13)17-10(3)8-20-7-5-6-16-20/h5-7,9-10H,8H2,1-4H3,(H3,15,17,18,19). The van der Waals surface area contributed by atoms with Crippen molar-refractivity contribution in [3.05, 3.63) is 29.8 Å². The van der Waals surface area contributed by atoms with Crippen LogP contribution in [0, 0.1) is 6.92 Å². The van der Waals surface area contributed by atoms with E-state index in [0.717, 1.165) is 23.8 Å². The van der Waals surface area contributed by atoms with Crippen LogP contribution in [0.2, 0.25) is 0 Å². The van der Waals surface area contributed by atoms with Gasteiger partial charge in [0.25, 0.3) is 0 Å². The molecule has 0 radical (unpaired) electrons. The second kappa shape index (κ2) is 5.90. The molecule has 0 aliphatic heterocycles. The quantitative estimate of drug-likeness (QED) is 0.873. The lowest BCUT2D eigenvalue weighted by molar-refractivity contribution is 0.559. The van der Waals surface area contributed by atoms with E-state index in [1.165, 1.54) is 0 Å². The highest BCUT2D eigenvalue weighted by atomic mass is 15.3. The average Bonchev–Trinajstić information content (AvgIpc) is 2.87. The van der Waals surface area contributed by atoms with Gasteiger partial charge in [0.2, 0.25) is 0 Å². The molecule has 0 spiro atoms. The first-order chi connectivity index (χ1) is 9.47. The molecule has 0 aliphatic rings. The van der Waals surface area contributed by atoms with Gasteiger partial charge in [-0.3, -0.25) is 4.68 Å². The second-order valence-corrected chi connectivity index (χ2v) is 5.37. The number of rotatable bonds is 5. The normalized spacial score (nSPS) is 12.7. The third kappa shape index (κ3) is 3.26. The van der Waals surface area contributed by atoms with Gasteiger partial charge in [-0.25, -0.2) is 9.97 Å². The van der Waals surface area contributed by atoms with Crippen LogP contribution in [0.15, 0.2) is 18.5 Å². The summed E-state index contributed by atoms with van der Waals surface area (Å²) in [5.74, 6) is 2.36. The van der Waals surface area contributed by atoms with Crippen molar-refractivity contribution in [3.8, 4) is 0 Å². The van der Waals surface area contributed by atoms with E-state index in [0.29, 0.717) is 5.82 Å². The molecule has 2 rings (SSSR count). The molecule has 0 saturated carbocycles. The second-order valence-electron chi connectivity index (χ2n) is 5.37. The molecule has 1 unspecified atom stereocenters. The van der Waals surface area contributed by atoms with E-state index in [-0.39, 0.29) is 12.0 Å². The summed E-state index contributed by atoms with van der Waals surface area (Å²) < 4.78 is 1.89. The van der Waals surface area contributed by atoms with Crippen molar-refractivity contribution in [1.29, 1.82) is 0 Å². The van der Waals surface area contributed by atoms with Crippen LogP contribution in [0.4, 0.5) is 11.6 Å². The van der Waals surface area contributed by atoms with Crippen LogP contribution in [-0.2, 0) is 6.54 Å². The Morgan fingerprint density at radius 2 is 2.05 bits per heavy atom. The van der Waals surface area contributed by atoms with E-state index in [4.69, 9.17) is 5.73 Å². The van der Waals surface area contributed by atoms with Crippen molar-refractivity contribution in [1.82, 2.24) is 19.7 Å². The van der Waals surface area contributed by atoms with Crippen LogP contribution >= 0.6 is 0 Å². The molecule has 20 heavy (non-hydrogen) atoms. The zero-order chi connectivity index (χ0) is 14.7. The monoisotopic (exact) mass is 274 g/mol. The van der Waals surface area contributed by atoms with E-state index in [9.17, 15) is 0 Å². The SMILES string of the molecule is Cc1c(N)nc(C(C)C)nc1NC(C)Cn1cccn1. The summed E-state index contributed by atoms with van der Waals surface area (Å²) in [6, 6.07) is 2.11. The Labute approximate surface area is 119 Å². The van der Waals surface area contributed by atoms with Gasteiger partial charge < -0.3 is 11.1 Å². The topological polar surface area (TPSA) is 81.6 Å². The van der Waals surface area contributed by atoms with Crippen molar-refractivity contribution in [2.75, 3.05) is 11.1 Å². The lowest BCUT2D eigenvalue weighted by Gasteiger charge is -2.18. The van der Waals surface area contributed by atoms with E-state index in [1.54, 1.807) is 6.20 Å². The maximum Gasteiger partial charge on any atom is 0.135 e. The third-order valence-electron chi connectivity index (χ3n) is 3.12. The van der Waals surface area contributed by atoms with Crippen molar-refractivity contribution in [2.45, 2.75) is 46.2 Å². The number of anilines is 2. The fourth-order valence-corrected chi connectivity index (χ4v) is 1.92. The zero-order valence-electron chi connectivity index (χ0n) is 12.5. The van der Waals surface area contributed by atoms with Gasteiger partial charge in [0, 0.05) is 29.9 Å². The molecule has 2 heterocycles. The zero-order valence-corrected chi connectivity index (χ0v) is 12.5. The van der Waals surface area contributed by atoms with Crippen LogP contribution in [-0.4, -0.2) is 25.8 Å². The van der Waals surface area contributed by atoms with Crippen LogP contribution in [0.3, 0.4) is 0 Å². The highest BCUT2D eigenvalue weighted by molar-refractivity contribution is 5.55. The van der Waals surface area contributed by atoms with Gasteiger partial charge in [-0.05, 0) is 19.9 Å². The Kier molecular flexibility index (Phi) is 4.22. The fourth-order valence-electron chi connectivity index (χ4n) is 1.92. The molecule has 0 amide bonds. The molecular formula is C14H22N6. The van der Waals surface area contributed by atoms with Gasteiger partial charge in [-0.15, -0.1) is 0 Å². The Bertz CT molecular complexity index is 561. The molecule has 108 valence electrons. The van der Waals surface area contributed by atoms with E-state index in [1.807, 2.05) is 23.9 Å². The van der Waals surface area contributed by atoms with E-state index >= 15 is 0 Å². The first-order valence-corrected chi connectivity index (χ1v) is 6.85. The van der Waals surface area contributed by atoms with Crippen molar-refractivity contribution >= 4 is 11.6 Å². The maximum absolute atomic E-state index is 5.96. The number of hydrogen-bond acceptors (Lipinski definition) is 5. The smallest absolute Gasteiger partial charge is 0.135 e. The first-order valence-electron chi connectivity index (χ1n) is 6.85. The Hall–Kier alpha value is -2.11. The van der Waals surface area contributed by atoms with Crippen LogP contribution in [0.25, 0.3) is 0 Å². The minimum Gasteiger partial charge on any atom is -0.383 e. The molecular weight excluding hydrogens is 252 g/mol. The lowest BCUT2D eigenvalue weighted by atomic mass is 10.2. The summed E-state index contributed by atoms with van der Waals surface area (Å²) in [5, 5.41) is 7.60. The maximum atomic E-state index is 5.96. The highest BCUT2D eigenvalue weighted by Crippen LogP contribution is 2.21. The Morgan fingerprint density at radius 1 is 1.30 bits per heavy atom. The molecule has 0 aliphatic carbocycles. The molecule has 6 heteroatoms. The molecule has 6 nitrogen and oxygen atoms in total. The predicted octanol–water partition coefficient (Wildman–Crippen LogP) is 2.19. The van der Waals surface area contributed by atoms with E-state index in [2.05, 4.69) is 41.2 Å². The summed E-state index contributed by atoms with van der Waals surface area (Å²) in [7, 11) is 0. The Balaban J connectivity index is 2.15.